The second-order valence-corrected chi connectivity index (χ2v) is 7.93. The summed E-state index contributed by atoms with van der Waals surface area (Å²) in [7, 11) is -0.353. The fraction of sp³-hybridized carbons (Fsp3) is 0.250. The minimum atomic E-state index is -4.14. The maximum atomic E-state index is 12.8. The van der Waals surface area contributed by atoms with Gasteiger partial charge in [0.2, 0.25) is 0 Å². The summed E-state index contributed by atoms with van der Waals surface area (Å²) in [6, 6.07) is 6.18. The maximum Gasteiger partial charge on any atom is 0.348 e. The SMILES string of the molecule is COC(=O)c1sc(S(=O)(=O)Nc2ccc(OC)cc2)c(C(=O)OC)c1C. The minimum Gasteiger partial charge on any atom is -0.497 e. The van der Waals surface area contributed by atoms with E-state index in [1.165, 1.54) is 33.3 Å². The van der Waals surface area contributed by atoms with Crippen LogP contribution in [0.4, 0.5) is 5.69 Å². The molecule has 1 aromatic carbocycles. The first kappa shape index (κ1) is 19.7. The number of hydrogen-bond donors (Lipinski definition) is 1. The lowest BCUT2D eigenvalue weighted by Crippen LogP contribution is -2.16. The van der Waals surface area contributed by atoms with E-state index in [1.807, 2.05) is 0 Å². The lowest BCUT2D eigenvalue weighted by molar-refractivity contribution is 0.0596. The molecule has 2 rings (SSSR count). The first-order valence-corrected chi connectivity index (χ1v) is 9.52. The van der Waals surface area contributed by atoms with Gasteiger partial charge < -0.3 is 14.2 Å². The Labute approximate surface area is 154 Å². The topological polar surface area (TPSA) is 108 Å². The highest BCUT2D eigenvalue weighted by Crippen LogP contribution is 2.34. The molecule has 0 bridgehead atoms. The van der Waals surface area contributed by atoms with Gasteiger partial charge in [0.05, 0.1) is 26.9 Å². The molecule has 0 spiro atoms. The molecule has 0 amide bonds. The van der Waals surface area contributed by atoms with Crippen LogP contribution in [0.2, 0.25) is 0 Å². The Balaban J connectivity index is 2.53. The van der Waals surface area contributed by atoms with Crippen molar-refractivity contribution in [3.63, 3.8) is 0 Å². The zero-order valence-electron chi connectivity index (χ0n) is 14.5. The van der Waals surface area contributed by atoms with E-state index in [0.29, 0.717) is 17.1 Å². The molecule has 1 aromatic heterocycles. The van der Waals surface area contributed by atoms with Gasteiger partial charge in [-0.2, -0.15) is 0 Å². The Morgan fingerprint density at radius 2 is 1.58 bits per heavy atom. The number of esters is 2. The number of carbonyl (C=O) groups is 2. The lowest BCUT2D eigenvalue weighted by atomic mass is 10.2. The van der Waals surface area contributed by atoms with Gasteiger partial charge in [0.1, 0.15) is 10.6 Å². The first-order valence-electron chi connectivity index (χ1n) is 7.22. The first-order chi connectivity index (χ1) is 12.2. The van der Waals surface area contributed by atoms with Gasteiger partial charge in [0, 0.05) is 5.69 Å². The smallest absolute Gasteiger partial charge is 0.348 e. The standard InChI is InChI=1S/C16H17NO7S2/c1-9-12(14(18)23-3)16(25-13(9)15(19)24-4)26(20,21)17-10-5-7-11(22-2)8-6-10/h5-8,17H,1-4H3. The molecule has 1 N–H and O–H groups in total. The van der Waals surface area contributed by atoms with E-state index in [9.17, 15) is 18.0 Å². The summed E-state index contributed by atoms with van der Waals surface area (Å²) in [4.78, 5) is 24.0. The second kappa shape index (κ2) is 7.75. The summed E-state index contributed by atoms with van der Waals surface area (Å²) in [5.41, 5.74) is 0.259. The lowest BCUT2D eigenvalue weighted by Gasteiger charge is -2.09. The molecule has 8 nitrogen and oxygen atoms in total. The fourth-order valence-electron chi connectivity index (χ4n) is 2.16. The predicted molar refractivity (Wildman–Crippen MR) is 95.5 cm³/mol. The molecule has 26 heavy (non-hydrogen) atoms. The molecule has 0 aliphatic carbocycles. The number of thiophene rings is 1. The average Bonchev–Trinajstić information content (AvgIpc) is 2.99. The van der Waals surface area contributed by atoms with E-state index in [1.54, 1.807) is 12.1 Å². The van der Waals surface area contributed by atoms with Gasteiger partial charge in [0.15, 0.2) is 4.21 Å². The molecular formula is C16H17NO7S2. The number of benzene rings is 1. The Kier molecular flexibility index (Phi) is 5.88. The third-order valence-electron chi connectivity index (χ3n) is 3.46. The molecule has 0 saturated carbocycles. The quantitative estimate of drug-likeness (QED) is 0.743. The number of ether oxygens (including phenoxy) is 3. The molecule has 0 aliphatic rings. The Hall–Kier alpha value is -2.59. The van der Waals surface area contributed by atoms with Gasteiger partial charge in [-0.15, -0.1) is 11.3 Å². The Morgan fingerprint density at radius 3 is 2.08 bits per heavy atom. The Morgan fingerprint density at radius 1 is 1.00 bits per heavy atom. The Bertz CT molecular complexity index is 930. The molecular weight excluding hydrogens is 382 g/mol. The number of methoxy groups -OCH3 is 3. The van der Waals surface area contributed by atoms with Gasteiger partial charge in [-0.1, -0.05) is 0 Å². The van der Waals surface area contributed by atoms with Crippen LogP contribution < -0.4 is 9.46 Å². The number of carbonyl (C=O) groups excluding carboxylic acids is 2. The van der Waals surface area contributed by atoms with E-state index in [4.69, 9.17) is 4.74 Å². The van der Waals surface area contributed by atoms with Crippen LogP contribution in [0.3, 0.4) is 0 Å². The van der Waals surface area contributed by atoms with Crippen molar-refractivity contribution in [2.24, 2.45) is 0 Å². The second-order valence-electron chi connectivity index (χ2n) is 5.04. The van der Waals surface area contributed by atoms with Crippen LogP contribution in [-0.2, 0) is 19.5 Å². The largest absolute Gasteiger partial charge is 0.497 e. The summed E-state index contributed by atoms with van der Waals surface area (Å²) in [6.07, 6.45) is 0. The van der Waals surface area contributed by atoms with E-state index >= 15 is 0 Å². The van der Waals surface area contributed by atoms with Crippen molar-refractivity contribution < 1.29 is 32.2 Å². The highest BCUT2D eigenvalue weighted by Gasteiger charge is 2.32. The number of nitrogens with one attached hydrogen (secondary N) is 1. The van der Waals surface area contributed by atoms with Crippen molar-refractivity contribution in [3.8, 4) is 5.75 Å². The molecule has 10 heteroatoms. The van der Waals surface area contributed by atoms with Gasteiger partial charge in [-0.05, 0) is 36.8 Å². The zero-order chi connectivity index (χ0) is 19.5. The molecule has 140 valence electrons. The highest BCUT2D eigenvalue weighted by molar-refractivity contribution is 7.94. The molecule has 0 radical (unpaired) electrons. The molecule has 2 aromatic rings. The van der Waals surface area contributed by atoms with Crippen molar-refractivity contribution in [3.05, 3.63) is 40.3 Å². The van der Waals surface area contributed by atoms with Crippen LogP contribution in [0, 0.1) is 6.92 Å². The summed E-state index contributed by atoms with van der Waals surface area (Å²) in [5, 5.41) is 0. The number of anilines is 1. The summed E-state index contributed by atoms with van der Waals surface area (Å²) < 4.78 is 41.9. The highest BCUT2D eigenvalue weighted by atomic mass is 32.2. The van der Waals surface area contributed by atoms with Crippen molar-refractivity contribution in [2.45, 2.75) is 11.1 Å². The van der Waals surface area contributed by atoms with Crippen LogP contribution in [0.25, 0.3) is 0 Å². The van der Waals surface area contributed by atoms with Crippen LogP contribution in [-0.4, -0.2) is 41.7 Å². The molecule has 0 saturated heterocycles. The summed E-state index contributed by atoms with van der Waals surface area (Å²) in [6.45, 7) is 1.46. The summed E-state index contributed by atoms with van der Waals surface area (Å²) in [5.74, 6) is -1.03. The van der Waals surface area contributed by atoms with E-state index in [0.717, 1.165) is 7.11 Å². The van der Waals surface area contributed by atoms with Crippen LogP contribution in [0.1, 0.15) is 25.6 Å². The molecule has 0 atom stereocenters. The monoisotopic (exact) mass is 399 g/mol. The zero-order valence-corrected chi connectivity index (χ0v) is 16.1. The minimum absolute atomic E-state index is 0.0167. The number of rotatable bonds is 6. The summed E-state index contributed by atoms with van der Waals surface area (Å²) >= 11 is 0.646. The fourth-order valence-corrected chi connectivity index (χ4v) is 4.97. The van der Waals surface area contributed by atoms with Crippen LogP contribution in [0.15, 0.2) is 28.5 Å². The predicted octanol–water partition coefficient (Wildman–Crippen LogP) is 2.44. The van der Waals surface area contributed by atoms with E-state index in [2.05, 4.69) is 14.2 Å². The third-order valence-corrected chi connectivity index (χ3v) is 6.63. The third kappa shape index (κ3) is 3.81. The normalized spacial score (nSPS) is 10.9. The van der Waals surface area contributed by atoms with E-state index < -0.39 is 22.0 Å². The maximum absolute atomic E-state index is 12.8. The van der Waals surface area contributed by atoms with Crippen LogP contribution in [0.5, 0.6) is 5.75 Å². The van der Waals surface area contributed by atoms with Crippen LogP contribution >= 0.6 is 11.3 Å². The van der Waals surface area contributed by atoms with E-state index in [-0.39, 0.29) is 25.9 Å². The number of hydrogen-bond acceptors (Lipinski definition) is 8. The van der Waals surface area contributed by atoms with Crippen molar-refractivity contribution in [1.82, 2.24) is 0 Å². The van der Waals surface area contributed by atoms with Gasteiger partial charge in [-0.25, -0.2) is 18.0 Å². The van der Waals surface area contributed by atoms with Gasteiger partial charge >= 0.3 is 11.9 Å². The van der Waals surface area contributed by atoms with Gasteiger partial charge in [0.25, 0.3) is 10.0 Å². The van der Waals surface area contributed by atoms with Gasteiger partial charge in [-0.3, -0.25) is 4.72 Å². The molecule has 0 unspecified atom stereocenters. The van der Waals surface area contributed by atoms with Crippen molar-refractivity contribution in [1.29, 1.82) is 0 Å². The molecule has 0 fully saturated rings. The van der Waals surface area contributed by atoms with Crippen molar-refractivity contribution >= 4 is 39.0 Å². The van der Waals surface area contributed by atoms with Crippen molar-refractivity contribution in [2.75, 3.05) is 26.1 Å². The molecule has 0 aliphatic heterocycles. The average molecular weight is 399 g/mol. The molecule has 1 heterocycles. The number of sulfonamides is 1.